The molecule has 0 aromatic heterocycles. The Hall–Kier alpha value is 1.49. The van der Waals surface area contributed by atoms with Crippen LogP contribution in [-0.4, -0.2) is 10.1 Å². The van der Waals surface area contributed by atoms with Crippen LogP contribution in [0.25, 0.3) is 0 Å². The second-order valence-electron chi connectivity index (χ2n) is 0. The van der Waals surface area contributed by atoms with Crippen molar-refractivity contribution >= 4 is 10.1 Å². The van der Waals surface area contributed by atoms with Crippen molar-refractivity contribution in [2.45, 2.75) is 0 Å². The van der Waals surface area contributed by atoms with Gasteiger partial charge in [0.1, 0.15) is 0 Å². The van der Waals surface area contributed by atoms with Crippen LogP contribution in [0.1, 0.15) is 0 Å². The minimum Gasteiger partial charge on any atom is -2.00 e. The Morgan fingerprint density at radius 2 is 0.857 bits per heavy atom. The van der Waals surface area contributed by atoms with Gasteiger partial charge in [-0.05, 0) is 0 Å². The van der Waals surface area contributed by atoms with Crippen molar-refractivity contribution in [1.29, 1.82) is 0 Å². The Morgan fingerprint density at radius 1 is 0.857 bits per heavy atom. The maximum Gasteiger partial charge on any atom is 4.00 e. The maximum atomic E-state index is 8.06. The molecule has 32 valence electrons. The van der Waals surface area contributed by atoms with E-state index in [-0.39, 0.29) is 64.3 Å². The second-order valence-corrected chi connectivity index (χ2v) is 0. The Balaban J connectivity index is -0.000000000500. The summed E-state index contributed by atoms with van der Waals surface area (Å²) < 4.78 is 8.06. The minimum atomic E-state index is 0. The van der Waals surface area contributed by atoms with Gasteiger partial charge in [-0.1, -0.05) is 0 Å². The van der Waals surface area contributed by atoms with Crippen molar-refractivity contribution in [3.63, 3.8) is 0 Å². The number of rotatable bonds is 0. The molecule has 0 aliphatic heterocycles. The first kappa shape index (κ1) is 76.7. The topological polar surface area (TPSA) is 103 Å². The van der Waals surface area contributed by atoms with Gasteiger partial charge < -0.3 is 16.4 Å². The van der Waals surface area contributed by atoms with Crippen LogP contribution in [0, 0.1) is 0 Å². The summed E-state index contributed by atoms with van der Waals surface area (Å²) in [7, 11) is 1.72. The van der Waals surface area contributed by atoms with E-state index >= 15 is 0 Å². The van der Waals surface area contributed by atoms with E-state index in [1.54, 1.807) is 10.1 Å². The van der Waals surface area contributed by atoms with E-state index in [4.69, 9.17) is 4.46 Å². The summed E-state index contributed by atoms with van der Waals surface area (Å²) >= 11 is 0. The first-order valence-electron chi connectivity index (χ1n) is 0.204. The molecule has 0 aliphatic carbocycles. The van der Waals surface area contributed by atoms with Crippen LogP contribution in [0.2, 0.25) is 0 Å². The van der Waals surface area contributed by atoms with Gasteiger partial charge in [0.15, 0.2) is 0 Å². The third-order valence-electron chi connectivity index (χ3n) is 0. The van der Waals surface area contributed by atoms with Gasteiger partial charge in [-0.25, -0.2) is 0 Å². The van der Waals surface area contributed by atoms with Crippen LogP contribution in [-0.2, 0) is 68.8 Å². The van der Waals surface area contributed by atoms with E-state index < -0.39 is 0 Å². The van der Waals surface area contributed by atoms with Gasteiger partial charge in [0.05, 0.1) is 0 Å². The molecule has 0 N–H and O–H groups in total. The van der Waals surface area contributed by atoms with Gasteiger partial charge >= 0.3 is 62.5 Å². The molecule has 0 bridgehead atoms. The monoisotopic (exact) mass is 230 g/mol. The average Bonchev–Trinajstić information content (AvgIpc) is 1.00. The molecule has 0 heterocycles. The van der Waals surface area contributed by atoms with Gasteiger partial charge in [-0.2, -0.15) is 0 Å². The molecule has 0 spiro atoms. The van der Waals surface area contributed by atoms with Crippen molar-refractivity contribution in [3.05, 3.63) is 0 Å². The van der Waals surface area contributed by atoms with Gasteiger partial charge in [0.2, 0.25) is 0 Å². The second kappa shape index (κ2) is 142. The van der Waals surface area contributed by atoms with Crippen molar-refractivity contribution in [3.8, 4) is 0 Å². The Kier molecular flexibility index (Phi) is 1550. The normalized spacial score (nSPS) is 0.857. The molecule has 0 unspecified atom stereocenters. The molecule has 7 heavy (non-hydrogen) atoms. The van der Waals surface area contributed by atoms with Gasteiger partial charge in [0.25, 0.3) is 0 Å². The van der Waals surface area contributed by atoms with Crippen molar-refractivity contribution in [2.75, 3.05) is 0 Å². The molecule has 0 radical (unpaired) electrons. The van der Waals surface area contributed by atoms with Crippen LogP contribution in [0.15, 0.2) is 0 Å². The molecule has 0 fully saturated rings. The molecule has 0 saturated heterocycles. The van der Waals surface area contributed by atoms with Crippen LogP contribution in [0.3, 0.4) is 0 Å². The van der Waals surface area contributed by atoms with E-state index in [9.17, 15) is 0 Å². The largest absolute Gasteiger partial charge is 4.00 e. The molecule has 0 amide bonds. The van der Waals surface area contributed by atoms with Crippen molar-refractivity contribution < 1.29 is 68.8 Å². The smallest absolute Gasteiger partial charge is 2.00 e. The third kappa shape index (κ3) is 101. The summed E-state index contributed by atoms with van der Waals surface area (Å²) in [5.41, 5.74) is 0. The average molecular weight is 231 g/mol. The summed E-state index contributed by atoms with van der Waals surface area (Å²) in [6, 6.07) is 0. The SMILES string of the molecule is O=[Si+2].[O-2].[O-2].[O-2].[Ti+4].[Zr+4]. The van der Waals surface area contributed by atoms with E-state index in [0.717, 1.165) is 0 Å². The van der Waals surface area contributed by atoms with Gasteiger partial charge in [0, 0.05) is 0 Å². The summed E-state index contributed by atoms with van der Waals surface area (Å²) in [6.45, 7) is 0. The molecule has 0 saturated carbocycles. The summed E-state index contributed by atoms with van der Waals surface area (Å²) in [5.74, 6) is 0. The zero-order valence-electron chi connectivity index (χ0n) is 3.13. The first-order valence-corrected chi connectivity index (χ1v) is 0.612. The summed E-state index contributed by atoms with van der Waals surface area (Å²) in [6.07, 6.45) is 0. The van der Waals surface area contributed by atoms with Crippen LogP contribution in [0.4, 0.5) is 0 Å². The molecule has 7 heteroatoms. The number of hydrogen-bond acceptors (Lipinski definition) is 1. The predicted molar refractivity (Wildman–Crippen MR) is 8.50 cm³/mol. The van der Waals surface area contributed by atoms with Crippen LogP contribution >= 0.6 is 0 Å². The van der Waals surface area contributed by atoms with E-state index in [0.29, 0.717) is 0 Å². The van der Waals surface area contributed by atoms with Gasteiger partial charge in [-0.15, -0.1) is 0 Å². The zero-order valence-corrected chi connectivity index (χ0v) is 8.15. The summed E-state index contributed by atoms with van der Waals surface area (Å²) in [4.78, 5) is 0. The first-order chi connectivity index (χ1) is 1.00. The standard InChI is InChI=1S/OSi.3O.Ti.Zr/c1-2;;;;;/q+2;3*-2;2*+4. The van der Waals surface area contributed by atoms with E-state index in [1.165, 1.54) is 0 Å². The molecule has 0 rings (SSSR count). The quantitative estimate of drug-likeness (QED) is 0.497. The Labute approximate surface area is 78.5 Å². The fourth-order valence-electron chi connectivity index (χ4n) is 0. The maximum absolute atomic E-state index is 8.06. The molecule has 0 aliphatic rings. The predicted octanol–water partition coefficient (Wildman–Crippen LogP) is -0.861. The third-order valence-corrected chi connectivity index (χ3v) is 0. The molecular weight excluding hydrogens is 231 g/mol. The molecule has 0 aromatic rings. The van der Waals surface area contributed by atoms with E-state index in [1.807, 2.05) is 0 Å². The van der Waals surface area contributed by atoms with Crippen molar-refractivity contribution in [1.82, 2.24) is 0 Å². The minimum absolute atomic E-state index is 0. The van der Waals surface area contributed by atoms with Crippen LogP contribution in [0.5, 0.6) is 0 Å². The van der Waals surface area contributed by atoms with Crippen LogP contribution < -0.4 is 0 Å². The van der Waals surface area contributed by atoms with Crippen molar-refractivity contribution in [2.24, 2.45) is 0 Å². The summed E-state index contributed by atoms with van der Waals surface area (Å²) in [5, 5.41) is 0. The Bertz CT molecular complexity index is 11.7. The van der Waals surface area contributed by atoms with Gasteiger partial charge in [-0.3, -0.25) is 0 Å². The molecule has 0 aromatic carbocycles. The molecule has 4 nitrogen and oxygen atoms in total. The number of hydrogen-bond donors (Lipinski definition) is 0. The molecular formula is O4SiTiZr+4. The fraction of sp³-hybridized carbons (Fsp3) is 0. The van der Waals surface area contributed by atoms with E-state index in [2.05, 4.69) is 0 Å². The fourth-order valence-corrected chi connectivity index (χ4v) is 0. The zero-order chi connectivity index (χ0) is 2.00. The Morgan fingerprint density at radius 3 is 0.857 bits per heavy atom. The molecule has 0 atom stereocenters.